The van der Waals surface area contributed by atoms with Gasteiger partial charge in [-0.15, -0.1) is 0 Å². The number of hydrogen-bond acceptors (Lipinski definition) is 8. The highest BCUT2D eigenvalue weighted by atomic mass is 19.4. The van der Waals surface area contributed by atoms with E-state index in [-0.39, 0.29) is 68.0 Å². The first kappa shape index (κ1) is 48.2. The molecule has 2 aromatic rings. The Bertz CT molecular complexity index is 1830. The number of aliphatic carboxylic acids is 2. The second-order valence-corrected chi connectivity index (χ2v) is 15.0. The van der Waals surface area contributed by atoms with Crippen LogP contribution in [-0.2, 0) is 46.4 Å². The van der Waals surface area contributed by atoms with Gasteiger partial charge in [0.15, 0.2) is 5.96 Å². The zero-order valence-corrected chi connectivity index (χ0v) is 33.3. The number of rotatable bonds is 18. The van der Waals surface area contributed by atoms with Crippen LogP contribution in [-0.4, -0.2) is 112 Å². The SMILES string of the molecule is CC(C)CNC(=O)[C@H](CC(=O)O)NC(=O)[C@H](CCCN=C(N)N)NC(=O)[C@@H]1C[C@@H](Cc2ccccc2)C2CC[C@@H](NC(=O)Cc3ccccc3)C(=O)N21.O=C(O)C(F)(F)F. The first-order chi connectivity index (χ1) is 28.3. The molecule has 5 amide bonds. The van der Waals surface area contributed by atoms with Crippen LogP contribution in [0.4, 0.5) is 13.2 Å². The van der Waals surface area contributed by atoms with Gasteiger partial charge in [0, 0.05) is 19.1 Å². The highest BCUT2D eigenvalue weighted by Gasteiger charge is 2.51. The van der Waals surface area contributed by atoms with Gasteiger partial charge in [0.2, 0.25) is 29.5 Å². The number of carbonyl (C=O) groups excluding carboxylic acids is 5. The second-order valence-electron chi connectivity index (χ2n) is 15.0. The van der Waals surface area contributed by atoms with Crippen molar-refractivity contribution in [3.8, 4) is 0 Å². The molecule has 2 aliphatic rings. The lowest BCUT2D eigenvalue weighted by molar-refractivity contribution is -0.192. The number of aliphatic imine (C=N–C) groups is 1. The zero-order chi connectivity index (χ0) is 44.6. The highest BCUT2D eigenvalue weighted by Crippen LogP contribution is 2.39. The van der Waals surface area contributed by atoms with Crippen LogP contribution in [0.15, 0.2) is 65.7 Å². The van der Waals surface area contributed by atoms with E-state index >= 15 is 0 Å². The number of piperidine rings is 1. The second kappa shape index (κ2) is 22.8. The Labute approximate surface area is 344 Å². The molecule has 2 saturated heterocycles. The summed E-state index contributed by atoms with van der Waals surface area (Å²) in [5.74, 6) is -6.86. The number of alkyl halides is 3. The topological polar surface area (TPSA) is 276 Å². The van der Waals surface area contributed by atoms with Crippen molar-refractivity contribution in [3.05, 3.63) is 71.8 Å². The van der Waals surface area contributed by atoms with Gasteiger partial charge < -0.3 is 47.8 Å². The Morgan fingerprint density at radius 2 is 1.48 bits per heavy atom. The van der Waals surface area contributed by atoms with Crippen molar-refractivity contribution in [2.45, 2.75) is 102 Å². The molecule has 328 valence electrons. The van der Waals surface area contributed by atoms with E-state index in [0.29, 0.717) is 25.7 Å². The van der Waals surface area contributed by atoms with Crippen molar-refractivity contribution >= 4 is 47.4 Å². The summed E-state index contributed by atoms with van der Waals surface area (Å²) < 4.78 is 31.7. The molecule has 17 nitrogen and oxygen atoms in total. The molecule has 60 heavy (non-hydrogen) atoms. The number of amides is 5. The summed E-state index contributed by atoms with van der Waals surface area (Å²) in [6.07, 6.45) is -3.41. The number of halogens is 3. The summed E-state index contributed by atoms with van der Waals surface area (Å²) in [4.78, 5) is 94.1. The number of hydrogen-bond donors (Lipinski definition) is 8. The third-order valence-electron chi connectivity index (χ3n) is 9.77. The van der Waals surface area contributed by atoms with Crippen molar-refractivity contribution in [1.82, 2.24) is 26.2 Å². The lowest BCUT2D eigenvalue weighted by atomic mass is 9.86. The number of benzene rings is 2. The average molecular weight is 847 g/mol. The number of carboxylic acids is 2. The fourth-order valence-electron chi connectivity index (χ4n) is 7.00. The lowest BCUT2D eigenvalue weighted by Gasteiger charge is -2.39. The Morgan fingerprint density at radius 3 is 2.03 bits per heavy atom. The van der Waals surface area contributed by atoms with Gasteiger partial charge in [0.05, 0.1) is 12.8 Å². The van der Waals surface area contributed by atoms with E-state index in [0.717, 1.165) is 11.1 Å². The van der Waals surface area contributed by atoms with Crippen LogP contribution in [0.5, 0.6) is 0 Å². The smallest absolute Gasteiger partial charge is 0.481 e. The van der Waals surface area contributed by atoms with Crippen LogP contribution in [0.3, 0.4) is 0 Å². The average Bonchev–Trinajstić information content (AvgIpc) is 3.54. The molecule has 0 aliphatic carbocycles. The van der Waals surface area contributed by atoms with Crippen LogP contribution in [0, 0.1) is 11.8 Å². The number of fused-ring (bicyclic) bond motifs is 1. The molecule has 2 aromatic carbocycles. The Morgan fingerprint density at radius 1 is 0.883 bits per heavy atom. The van der Waals surface area contributed by atoms with Crippen LogP contribution >= 0.6 is 0 Å². The maximum Gasteiger partial charge on any atom is 0.490 e. The minimum absolute atomic E-state index is 0.0530. The third kappa shape index (κ3) is 15.5. The molecular weight excluding hydrogens is 793 g/mol. The molecule has 6 atom stereocenters. The molecule has 20 heteroatoms. The van der Waals surface area contributed by atoms with E-state index in [1.54, 1.807) is 4.90 Å². The van der Waals surface area contributed by atoms with E-state index < -0.39 is 66.4 Å². The minimum atomic E-state index is -5.08. The van der Waals surface area contributed by atoms with Crippen LogP contribution in [0.1, 0.15) is 63.5 Å². The van der Waals surface area contributed by atoms with E-state index in [1.165, 1.54) is 0 Å². The molecule has 0 radical (unpaired) electrons. The van der Waals surface area contributed by atoms with Gasteiger partial charge in [-0.25, -0.2) is 4.79 Å². The van der Waals surface area contributed by atoms with Gasteiger partial charge in [0.1, 0.15) is 24.2 Å². The monoisotopic (exact) mass is 846 g/mol. The van der Waals surface area contributed by atoms with E-state index in [4.69, 9.17) is 21.4 Å². The number of guanidine groups is 1. The number of nitrogens with two attached hydrogens (primary N) is 2. The quantitative estimate of drug-likeness (QED) is 0.0601. The summed E-state index contributed by atoms with van der Waals surface area (Å²) in [6.45, 7) is 4.17. The van der Waals surface area contributed by atoms with E-state index in [1.807, 2.05) is 74.5 Å². The van der Waals surface area contributed by atoms with Crippen molar-refractivity contribution in [2.75, 3.05) is 13.1 Å². The lowest BCUT2D eigenvalue weighted by Crippen LogP contribution is -2.61. The molecule has 0 spiro atoms. The minimum Gasteiger partial charge on any atom is -0.481 e. The molecule has 4 rings (SSSR count). The number of carbonyl (C=O) groups is 7. The molecule has 2 fully saturated rings. The summed E-state index contributed by atoms with van der Waals surface area (Å²) in [6, 6.07) is 14.3. The third-order valence-corrected chi connectivity index (χ3v) is 9.77. The van der Waals surface area contributed by atoms with Gasteiger partial charge in [-0.05, 0) is 61.5 Å². The normalized spacial score (nSPS) is 19.4. The number of nitrogens with zero attached hydrogens (tertiary/aromatic N) is 2. The summed E-state index contributed by atoms with van der Waals surface area (Å²) in [7, 11) is 0. The fourth-order valence-corrected chi connectivity index (χ4v) is 7.00. The summed E-state index contributed by atoms with van der Waals surface area (Å²) in [5.41, 5.74) is 12.8. The molecule has 0 bridgehead atoms. The van der Waals surface area contributed by atoms with Crippen LogP contribution < -0.4 is 32.7 Å². The molecule has 0 aromatic heterocycles. The van der Waals surface area contributed by atoms with Crippen molar-refractivity contribution in [2.24, 2.45) is 28.3 Å². The number of nitrogens with one attached hydrogen (secondary N) is 4. The Kier molecular flexibility index (Phi) is 18.3. The predicted octanol–water partition coefficient (Wildman–Crippen LogP) is 1.24. The predicted molar refractivity (Wildman–Crippen MR) is 212 cm³/mol. The van der Waals surface area contributed by atoms with E-state index in [9.17, 15) is 47.0 Å². The van der Waals surface area contributed by atoms with Gasteiger partial charge >= 0.3 is 18.1 Å². The van der Waals surface area contributed by atoms with Crippen molar-refractivity contribution < 1.29 is 56.9 Å². The van der Waals surface area contributed by atoms with Crippen LogP contribution in [0.25, 0.3) is 0 Å². The summed E-state index contributed by atoms with van der Waals surface area (Å²) >= 11 is 0. The van der Waals surface area contributed by atoms with E-state index in [2.05, 4.69) is 26.3 Å². The first-order valence-corrected chi connectivity index (χ1v) is 19.4. The van der Waals surface area contributed by atoms with Crippen molar-refractivity contribution in [3.63, 3.8) is 0 Å². The molecule has 10 N–H and O–H groups in total. The van der Waals surface area contributed by atoms with Crippen molar-refractivity contribution in [1.29, 1.82) is 0 Å². The largest absolute Gasteiger partial charge is 0.490 e. The van der Waals surface area contributed by atoms with Gasteiger partial charge in [-0.1, -0.05) is 74.5 Å². The Balaban J connectivity index is 0.00000126. The molecule has 2 heterocycles. The molecule has 2 aliphatic heterocycles. The maximum atomic E-state index is 14.2. The zero-order valence-electron chi connectivity index (χ0n) is 33.3. The summed E-state index contributed by atoms with van der Waals surface area (Å²) in [5, 5.41) is 27.5. The van der Waals surface area contributed by atoms with Gasteiger partial charge in [-0.3, -0.25) is 33.8 Å². The first-order valence-electron chi connectivity index (χ1n) is 19.4. The maximum absolute atomic E-state index is 14.2. The Hall–Kier alpha value is -6.21. The molecule has 1 unspecified atom stereocenters. The fraction of sp³-hybridized carbons (Fsp3) is 0.500. The van der Waals surface area contributed by atoms with Gasteiger partial charge in [-0.2, -0.15) is 13.2 Å². The molecular formula is C40H53F3N8O9. The van der Waals surface area contributed by atoms with Gasteiger partial charge in [0.25, 0.3) is 0 Å². The molecule has 0 saturated carbocycles. The van der Waals surface area contributed by atoms with Crippen LogP contribution in [0.2, 0.25) is 0 Å². The standard InChI is InChI=1S/C38H52N8O7.C2HF3O2/c1-23(2)22-42-34(50)29(21-33(48)49)45-35(51)27(14-9-17-41-38(39)40)44-36(52)31-20-26(18-24-10-5-3-6-11-24)30-16-15-28(37(53)46(30)31)43-32(47)19-25-12-7-4-8-13-25;3-2(4,5)1(6)7/h3-8,10-13,23,26-31H,9,14-22H2,1-2H3,(H,42,50)(H,43,47)(H,44,52)(H,45,51)(H,48,49)(H4,39,40,41);(H,6,7)/t26-,27+,28-,29+,30?,31+;/m1./s1. The highest BCUT2D eigenvalue weighted by molar-refractivity contribution is 5.97. The number of carboxylic acid groups (broad SMARTS) is 2.